The molecule has 0 saturated heterocycles. The largest absolute Gasteiger partial charge is 0.339 e. The van der Waals surface area contributed by atoms with Gasteiger partial charge in [-0.2, -0.15) is 4.98 Å². The van der Waals surface area contributed by atoms with E-state index in [9.17, 15) is 0 Å². The van der Waals surface area contributed by atoms with E-state index in [-0.39, 0.29) is 0 Å². The van der Waals surface area contributed by atoms with Crippen molar-refractivity contribution in [2.24, 2.45) is 5.92 Å². The van der Waals surface area contributed by atoms with Gasteiger partial charge in [0.15, 0.2) is 5.82 Å². The van der Waals surface area contributed by atoms with Crippen LogP contribution in [0.3, 0.4) is 0 Å². The first-order valence-corrected chi connectivity index (χ1v) is 6.72. The van der Waals surface area contributed by atoms with E-state index < -0.39 is 0 Å². The normalized spacial score (nSPS) is 13.2. The summed E-state index contributed by atoms with van der Waals surface area (Å²) in [6.07, 6.45) is 3.93. The number of hydrogen-bond donors (Lipinski definition) is 1. The van der Waals surface area contributed by atoms with Crippen LogP contribution in [0, 0.1) is 5.92 Å². The summed E-state index contributed by atoms with van der Waals surface area (Å²) < 4.78 is 5.28. The molecule has 0 aliphatic heterocycles. The van der Waals surface area contributed by atoms with Crippen molar-refractivity contribution in [2.75, 3.05) is 6.54 Å². The molecular weight excluding hydrogens is 214 g/mol. The fourth-order valence-electron chi connectivity index (χ4n) is 1.76. The molecule has 0 aliphatic rings. The molecule has 0 amide bonds. The number of hydrogen-bond acceptors (Lipinski definition) is 4. The molecule has 4 heteroatoms. The highest BCUT2D eigenvalue weighted by Crippen LogP contribution is 2.09. The average Bonchev–Trinajstić information content (AvgIpc) is 2.72. The standard InChI is InChI=1S/C13H25N3O/c1-5-7-12-15-13(17-16-12)9-11(10(3)4)14-8-6-2/h10-11,14H,5-9H2,1-4H3. The second-order valence-electron chi connectivity index (χ2n) is 4.86. The van der Waals surface area contributed by atoms with Gasteiger partial charge in [-0.05, 0) is 25.3 Å². The quantitative estimate of drug-likeness (QED) is 0.757. The molecule has 4 nitrogen and oxygen atoms in total. The van der Waals surface area contributed by atoms with Crippen LogP contribution < -0.4 is 5.32 Å². The van der Waals surface area contributed by atoms with Crippen molar-refractivity contribution in [3.63, 3.8) is 0 Å². The predicted octanol–water partition coefficient (Wildman–Crippen LogP) is 2.59. The van der Waals surface area contributed by atoms with Gasteiger partial charge in [0.1, 0.15) is 0 Å². The van der Waals surface area contributed by atoms with Gasteiger partial charge in [0, 0.05) is 18.9 Å². The minimum absolute atomic E-state index is 0.421. The van der Waals surface area contributed by atoms with Crippen molar-refractivity contribution < 1.29 is 4.52 Å². The zero-order valence-electron chi connectivity index (χ0n) is 11.5. The van der Waals surface area contributed by atoms with Crippen molar-refractivity contribution in [2.45, 2.75) is 59.4 Å². The highest BCUT2D eigenvalue weighted by Gasteiger charge is 2.16. The lowest BCUT2D eigenvalue weighted by Gasteiger charge is -2.20. The third kappa shape index (κ3) is 4.86. The summed E-state index contributed by atoms with van der Waals surface area (Å²) in [7, 11) is 0. The van der Waals surface area contributed by atoms with Crippen LogP contribution in [-0.4, -0.2) is 22.7 Å². The smallest absolute Gasteiger partial charge is 0.228 e. The molecule has 98 valence electrons. The fourth-order valence-corrected chi connectivity index (χ4v) is 1.76. The zero-order valence-corrected chi connectivity index (χ0v) is 11.5. The highest BCUT2D eigenvalue weighted by atomic mass is 16.5. The van der Waals surface area contributed by atoms with Gasteiger partial charge in [-0.3, -0.25) is 0 Å². The Morgan fingerprint density at radius 3 is 2.59 bits per heavy atom. The lowest BCUT2D eigenvalue weighted by Crippen LogP contribution is -2.36. The van der Waals surface area contributed by atoms with Gasteiger partial charge in [-0.1, -0.05) is 32.9 Å². The Bertz CT molecular complexity index is 309. The Labute approximate surface area is 104 Å². The summed E-state index contributed by atoms with van der Waals surface area (Å²) in [6.45, 7) is 9.78. The van der Waals surface area contributed by atoms with Crippen molar-refractivity contribution in [3.05, 3.63) is 11.7 Å². The molecular formula is C13H25N3O. The van der Waals surface area contributed by atoms with Crippen molar-refractivity contribution >= 4 is 0 Å². The van der Waals surface area contributed by atoms with Crippen LogP contribution in [-0.2, 0) is 12.8 Å². The summed E-state index contributed by atoms with van der Waals surface area (Å²) in [5.74, 6) is 2.17. The van der Waals surface area contributed by atoms with Gasteiger partial charge in [-0.15, -0.1) is 0 Å². The first-order chi connectivity index (χ1) is 8.17. The van der Waals surface area contributed by atoms with E-state index in [0.717, 1.165) is 43.9 Å². The summed E-state index contributed by atoms with van der Waals surface area (Å²) >= 11 is 0. The van der Waals surface area contributed by atoms with Gasteiger partial charge < -0.3 is 9.84 Å². The third-order valence-electron chi connectivity index (χ3n) is 2.84. The van der Waals surface area contributed by atoms with Crippen LogP contribution in [0.2, 0.25) is 0 Å². The third-order valence-corrected chi connectivity index (χ3v) is 2.84. The van der Waals surface area contributed by atoms with E-state index in [1.807, 2.05) is 0 Å². The molecule has 1 rings (SSSR count). The molecule has 0 aliphatic carbocycles. The SMILES string of the molecule is CCCNC(Cc1nc(CCC)no1)C(C)C. The van der Waals surface area contributed by atoms with Crippen molar-refractivity contribution in [1.29, 1.82) is 0 Å². The molecule has 0 radical (unpaired) electrons. The van der Waals surface area contributed by atoms with Crippen LogP contribution in [0.4, 0.5) is 0 Å². The summed E-state index contributed by atoms with van der Waals surface area (Å²) in [5, 5.41) is 7.52. The predicted molar refractivity (Wildman–Crippen MR) is 68.9 cm³/mol. The molecule has 1 aromatic heterocycles. The molecule has 1 atom stereocenters. The monoisotopic (exact) mass is 239 g/mol. The van der Waals surface area contributed by atoms with E-state index in [1.165, 1.54) is 0 Å². The van der Waals surface area contributed by atoms with Crippen LogP contribution in [0.5, 0.6) is 0 Å². The van der Waals surface area contributed by atoms with Gasteiger partial charge in [0.05, 0.1) is 0 Å². The Hall–Kier alpha value is -0.900. The second-order valence-corrected chi connectivity index (χ2v) is 4.86. The molecule has 0 fully saturated rings. The van der Waals surface area contributed by atoms with E-state index >= 15 is 0 Å². The molecule has 0 bridgehead atoms. The van der Waals surface area contributed by atoms with Crippen molar-refractivity contribution in [3.8, 4) is 0 Å². The van der Waals surface area contributed by atoms with E-state index in [4.69, 9.17) is 4.52 Å². The van der Waals surface area contributed by atoms with E-state index in [2.05, 4.69) is 43.2 Å². The van der Waals surface area contributed by atoms with Gasteiger partial charge in [0.25, 0.3) is 0 Å². The maximum Gasteiger partial charge on any atom is 0.228 e. The lowest BCUT2D eigenvalue weighted by atomic mass is 10.0. The lowest BCUT2D eigenvalue weighted by molar-refractivity contribution is 0.324. The first kappa shape index (κ1) is 14.2. The summed E-state index contributed by atoms with van der Waals surface area (Å²) in [6, 6.07) is 0.421. The van der Waals surface area contributed by atoms with Crippen LogP contribution in [0.25, 0.3) is 0 Å². The topological polar surface area (TPSA) is 51.0 Å². The molecule has 17 heavy (non-hydrogen) atoms. The molecule has 1 aromatic rings. The molecule has 1 N–H and O–H groups in total. The highest BCUT2D eigenvalue weighted by molar-refractivity contribution is 4.90. The maximum atomic E-state index is 5.28. The summed E-state index contributed by atoms with van der Waals surface area (Å²) in [4.78, 5) is 4.41. The van der Waals surface area contributed by atoms with E-state index in [1.54, 1.807) is 0 Å². The minimum Gasteiger partial charge on any atom is -0.339 e. The average molecular weight is 239 g/mol. The number of aryl methyl sites for hydroxylation is 1. The van der Waals surface area contributed by atoms with Crippen LogP contribution in [0.1, 0.15) is 52.3 Å². The Kier molecular flexibility index (Phi) is 6.19. The molecule has 1 heterocycles. The minimum atomic E-state index is 0.421. The van der Waals surface area contributed by atoms with E-state index in [0.29, 0.717) is 12.0 Å². The number of nitrogens with one attached hydrogen (secondary N) is 1. The second kappa shape index (κ2) is 7.43. The Balaban J connectivity index is 2.52. The molecule has 1 unspecified atom stereocenters. The number of rotatable bonds is 8. The maximum absolute atomic E-state index is 5.28. The molecule has 0 aromatic carbocycles. The number of nitrogens with zero attached hydrogens (tertiary/aromatic N) is 2. The first-order valence-electron chi connectivity index (χ1n) is 6.72. The zero-order chi connectivity index (χ0) is 12.7. The van der Waals surface area contributed by atoms with Crippen LogP contribution >= 0.6 is 0 Å². The van der Waals surface area contributed by atoms with Gasteiger partial charge in [0.2, 0.25) is 5.89 Å². The van der Waals surface area contributed by atoms with Gasteiger partial charge in [-0.25, -0.2) is 0 Å². The Morgan fingerprint density at radius 1 is 1.24 bits per heavy atom. The Morgan fingerprint density at radius 2 is 2.00 bits per heavy atom. The summed E-state index contributed by atoms with van der Waals surface area (Å²) in [5.41, 5.74) is 0. The molecule has 0 saturated carbocycles. The van der Waals surface area contributed by atoms with Crippen LogP contribution in [0.15, 0.2) is 4.52 Å². The van der Waals surface area contributed by atoms with Crippen molar-refractivity contribution in [1.82, 2.24) is 15.5 Å². The van der Waals surface area contributed by atoms with Gasteiger partial charge >= 0.3 is 0 Å². The number of aromatic nitrogens is 2. The molecule has 0 spiro atoms. The fraction of sp³-hybridized carbons (Fsp3) is 0.846.